The van der Waals surface area contributed by atoms with Crippen molar-refractivity contribution in [3.05, 3.63) is 35.4 Å². The molecule has 13 heteroatoms. The molecule has 1 aliphatic rings. The summed E-state index contributed by atoms with van der Waals surface area (Å²) in [4.78, 5) is 22.8. The molecule has 176 valence electrons. The normalized spacial score (nSPS) is 15.4. The van der Waals surface area contributed by atoms with E-state index < -0.39 is 23.7 Å². The predicted octanol–water partition coefficient (Wildman–Crippen LogP) is 1.71. The van der Waals surface area contributed by atoms with Crippen molar-refractivity contribution in [1.29, 1.82) is 5.26 Å². The molecule has 0 spiro atoms. The van der Waals surface area contributed by atoms with E-state index in [9.17, 15) is 23.2 Å². The Morgan fingerprint density at radius 3 is 2.73 bits per heavy atom. The lowest BCUT2D eigenvalue weighted by molar-refractivity contribution is -0.137. The van der Waals surface area contributed by atoms with E-state index in [0.717, 1.165) is 12.1 Å². The zero-order valence-corrected chi connectivity index (χ0v) is 17.6. The standard InChI is InChI=1S/C20H22F3N7O3/c1-32-18-14(10-24)16(28-19(25)29-18)27-17(31)15(11-30-5-7-33-8-6-30)26-13-4-2-3-12(9-13)20(21,22)23/h2-4,9,15,26H,5-8,11H2,1H3,(H3,25,27,28,29,31)/t15-/m0/s1. The average molecular weight is 465 g/mol. The third-order valence-corrected chi connectivity index (χ3v) is 4.83. The summed E-state index contributed by atoms with van der Waals surface area (Å²) in [6.07, 6.45) is -4.53. The molecule has 1 atom stereocenters. The molecule has 2 aromatic rings. The van der Waals surface area contributed by atoms with Gasteiger partial charge in [-0.2, -0.15) is 28.4 Å². The summed E-state index contributed by atoms with van der Waals surface area (Å²) in [6, 6.07) is 5.41. The van der Waals surface area contributed by atoms with Crippen LogP contribution in [0.15, 0.2) is 24.3 Å². The lowest BCUT2D eigenvalue weighted by atomic mass is 10.1. The molecule has 3 rings (SSSR count). The number of aromatic nitrogens is 2. The van der Waals surface area contributed by atoms with Crippen LogP contribution < -0.4 is 21.1 Å². The van der Waals surface area contributed by atoms with Crippen LogP contribution in [0, 0.1) is 11.3 Å². The quantitative estimate of drug-likeness (QED) is 0.558. The van der Waals surface area contributed by atoms with Gasteiger partial charge in [0.05, 0.1) is 25.9 Å². The molecule has 2 heterocycles. The number of benzene rings is 1. The van der Waals surface area contributed by atoms with Crippen molar-refractivity contribution in [3.8, 4) is 11.9 Å². The molecule has 1 amide bonds. The first kappa shape index (κ1) is 24.0. The van der Waals surface area contributed by atoms with Crippen molar-refractivity contribution >= 4 is 23.4 Å². The number of hydrogen-bond donors (Lipinski definition) is 3. The predicted molar refractivity (Wildman–Crippen MR) is 112 cm³/mol. The van der Waals surface area contributed by atoms with E-state index in [1.165, 1.54) is 19.2 Å². The van der Waals surface area contributed by atoms with Gasteiger partial charge in [0.25, 0.3) is 0 Å². The van der Waals surface area contributed by atoms with Gasteiger partial charge in [0.15, 0.2) is 11.4 Å². The highest BCUT2D eigenvalue weighted by atomic mass is 19.4. The molecule has 0 saturated carbocycles. The maximum absolute atomic E-state index is 13.1. The van der Waals surface area contributed by atoms with E-state index in [1.807, 2.05) is 11.0 Å². The fraction of sp³-hybridized carbons (Fsp3) is 0.400. The zero-order valence-electron chi connectivity index (χ0n) is 17.6. The second kappa shape index (κ2) is 10.3. The van der Waals surface area contributed by atoms with Crippen LogP contribution in [0.5, 0.6) is 5.88 Å². The monoisotopic (exact) mass is 465 g/mol. The molecule has 1 saturated heterocycles. The first-order chi connectivity index (χ1) is 15.7. The molecule has 4 N–H and O–H groups in total. The third-order valence-electron chi connectivity index (χ3n) is 4.83. The highest BCUT2D eigenvalue weighted by molar-refractivity contribution is 5.97. The van der Waals surface area contributed by atoms with Crippen LogP contribution in [0.25, 0.3) is 0 Å². The Morgan fingerprint density at radius 2 is 2.09 bits per heavy atom. The molecular weight excluding hydrogens is 443 g/mol. The van der Waals surface area contributed by atoms with E-state index in [4.69, 9.17) is 15.2 Å². The molecule has 0 aliphatic carbocycles. The van der Waals surface area contributed by atoms with Gasteiger partial charge < -0.3 is 25.8 Å². The summed E-state index contributed by atoms with van der Waals surface area (Å²) in [5.74, 6) is -1.13. The van der Waals surface area contributed by atoms with Gasteiger partial charge in [-0.1, -0.05) is 6.07 Å². The van der Waals surface area contributed by atoms with Crippen LogP contribution in [0.4, 0.5) is 30.6 Å². The number of carbonyl (C=O) groups is 1. The summed E-state index contributed by atoms with van der Waals surface area (Å²) in [5, 5.41) is 14.8. The number of nitriles is 1. The Kier molecular flexibility index (Phi) is 7.52. The van der Waals surface area contributed by atoms with Crippen molar-refractivity contribution < 1.29 is 27.4 Å². The highest BCUT2D eigenvalue weighted by Crippen LogP contribution is 2.31. The highest BCUT2D eigenvalue weighted by Gasteiger charge is 2.31. The van der Waals surface area contributed by atoms with Crippen LogP contribution in [0.3, 0.4) is 0 Å². The maximum Gasteiger partial charge on any atom is 0.416 e. The largest absolute Gasteiger partial charge is 0.480 e. The number of nitrogens with zero attached hydrogens (tertiary/aromatic N) is 4. The van der Waals surface area contributed by atoms with Crippen molar-refractivity contribution in [2.45, 2.75) is 12.2 Å². The third kappa shape index (κ3) is 6.21. The van der Waals surface area contributed by atoms with Crippen molar-refractivity contribution in [2.75, 3.05) is 56.3 Å². The Bertz CT molecular complexity index is 1040. The summed E-state index contributed by atoms with van der Waals surface area (Å²) in [6.45, 7) is 2.20. The number of amides is 1. The molecule has 0 unspecified atom stereocenters. The van der Waals surface area contributed by atoms with Crippen LogP contribution in [-0.2, 0) is 15.7 Å². The second-order valence-electron chi connectivity index (χ2n) is 7.10. The van der Waals surface area contributed by atoms with Crippen LogP contribution >= 0.6 is 0 Å². The van der Waals surface area contributed by atoms with Gasteiger partial charge in [-0.25, -0.2) is 0 Å². The first-order valence-corrected chi connectivity index (χ1v) is 9.87. The first-order valence-electron chi connectivity index (χ1n) is 9.87. The van der Waals surface area contributed by atoms with E-state index in [0.29, 0.717) is 26.3 Å². The number of halogens is 3. The number of morpholine rings is 1. The van der Waals surface area contributed by atoms with E-state index in [1.54, 1.807) is 0 Å². The lowest BCUT2D eigenvalue weighted by Crippen LogP contribution is -2.48. The molecular formula is C20H22F3N7O3. The number of ether oxygens (including phenoxy) is 2. The van der Waals surface area contributed by atoms with E-state index >= 15 is 0 Å². The minimum atomic E-state index is -4.53. The smallest absolute Gasteiger partial charge is 0.416 e. The minimum absolute atomic E-state index is 0.110. The van der Waals surface area contributed by atoms with Gasteiger partial charge in [-0.3, -0.25) is 9.69 Å². The topological polar surface area (TPSA) is 138 Å². The van der Waals surface area contributed by atoms with Gasteiger partial charge in [-0.15, -0.1) is 0 Å². The number of nitrogen functional groups attached to an aromatic ring is 1. The fourth-order valence-corrected chi connectivity index (χ4v) is 3.22. The molecule has 0 radical (unpaired) electrons. The second-order valence-corrected chi connectivity index (χ2v) is 7.10. The van der Waals surface area contributed by atoms with Crippen molar-refractivity contribution in [1.82, 2.24) is 14.9 Å². The summed E-state index contributed by atoms with van der Waals surface area (Å²) in [5.41, 5.74) is 4.76. The summed E-state index contributed by atoms with van der Waals surface area (Å²) < 4.78 is 49.7. The number of nitrogens with two attached hydrogens (primary N) is 1. The minimum Gasteiger partial charge on any atom is -0.480 e. The number of nitrogens with one attached hydrogen (secondary N) is 2. The number of rotatable bonds is 7. The summed E-state index contributed by atoms with van der Waals surface area (Å²) in [7, 11) is 1.28. The van der Waals surface area contributed by atoms with Crippen LogP contribution in [0.1, 0.15) is 11.1 Å². The fourth-order valence-electron chi connectivity index (χ4n) is 3.22. The number of alkyl halides is 3. The van der Waals surface area contributed by atoms with Crippen LogP contribution in [0.2, 0.25) is 0 Å². The Morgan fingerprint density at radius 1 is 1.36 bits per heavy atom. The molecule has 0 bridgehead atoms. The molecule has 1 aliphatic heterocycles. The Hall–Kier alpha value is -3.63. The van der Waals surface area contributed by atoms with Gasteiger partial charge in [0.1, 0.15) is 12.1 Å². The lowest BCUT2D eigenvalue weighted by Gasteiger charge is -2.30. The summed E-state index contributed by atoms with van der Waals surface area (Å²) >= 11 is 0. The molecule has 33 heavy (non-hydrogen) atoms. The number of carbonyl (C=O) groups excluding carboxylic acids is 1. The Labute approximate surface area is 187 Å². The van der Waals surface area contributed by atoms with Gasteiger partial charge >= 0.3 is 6.18 Å². The number of hydrogen-bond acceptors (Lipinski definition) is 9. The van der Waals surface area contributed by atoms with E-state index in [2.05, 4.69) is 20.6 Å². The van der Waals surface area contributed by atoms with Gasteiger partial charge in [-0.05, 0) is 18.2 Å². The molecule has 1 fully saturated rings. The molecule has 1 aromatic carbocycles. The zero-order chi connectivity index (χ0) is 24.0. The molecule has 1 aromatic heterocycles. The number of methoxy groups -OCH3 is 1. The van der Waals surface area contributed by atoms with Crippen molar-refractivity contribution in [3.63, 3.8) is 0 Å². The van der Waals surface area contributed by atoms with Crippen LogP contribution in [-0.4, -0.2) is 66.8 Å². The Balaban J connectivity index is 1.87. The van der Waals surface area contributed by atoms with Gasteiger partial charge in [0.2, 0.25) is 17.7 Å². The maximum atomic E-state index is 13.1. The number of anilines is 3. The van der Waals surface area contributed by atoms with Crippen molar-refractivity contribution in [2.24, 2.45) is 0 Å². The molecule has 10 nitrogen and oxygen atoms in total. The van der Waals surface area contributed by atoms with E-state index in [-0.39, 0.29) is 35.4 Å². The SMILES string of the molecule is COc1nc(N)nc(NC(=O)[C@H](CN2CCOCC2)Nc2cccc(C(F)(F)F)c2)c1C#N. The van der Waals surface area contributed by atoms with Gasteiger partial charge in [0, 0.05) is 25.3 Å². The average Bonchev–Trinajstić information content (AvgIpc) is 2.78.